The van der Waals surface area contributed by atoms with Crippen molar-refractivity contribution in [2.75, 3.05) is 55.9 Å². The zero-order valence-electron chi connectivity index (χ0n) is 38.6. The second kappa shape index (κ2) is 20.1. The average Bonchev–Trinajstić information content (AvgIpc) is 3.34. The molecule has 6 atom stereocenters. The van der Waals surface area contributed by atoms with Gasteiger partial charge in [-0.05, 0) is 87.8 Å². The van der Waals surface area contributed by atoms with Gasteiger partial charge < -0.3 is 47.4 Å². The van der Waals surface area contributed by atoms with E-state index in [1.165, 1.54) is 0 Å². The fourth-order valence-corrected chi connectivity index (χ4v) is 9.65. The molecule has 0 unspecified atom stereocenters. The van der Waals surface area contributed by atoms with Crippen molar-refractivity contribution in [1.82, 2.24) is 9.97 Å². The summed E-state index contributed by atoms with van der Waals surface area (Å²) in [6, 6.07) is 11.1. The standard InChI is InChI=1S/C50H56N4O12/c1-9-63-43-19-29-31-17-27(11-13-37(31)53-49(33(29)21-41(43)59-5)35-25-51-45(61-7)23-39(35)57-3)65-47(55)15-16-48(56)66-28-12-14-38-32(18-28)30-20-44(64-10-2)42(60-6)22-34(30)50(54-38)36-26-52-46(62-8)24-40(36)58-4/h15-16,19-28,31-32,37-38H,9-14,17-18H2,1-8H3/b16-15+/t27-,28-,31-,32-,37-,38-/m1/s1. The normalized spacial score (nSPS) is 21.6. The average molecular weight is 905 g/mol. The van der Waals surface area contributed by atoms with E-state index in [4.69, 9.17) is 57.4 Å². The van der Waals surface area contributed by atoms with E-state index in [0.29, 0.717) is 109 Å². The van der Waals surface area contributed by atoms with E-state index in [0.717, 1.165) is 45.8 Å². The van der Waals surface area contributed by atoms with Gasteiger partial charge in [-0.15, -0.1) is 0 Å². The summed E-state index contributed by atoms with van der Waals surface area (Å²) in [4.78, 5) is 46.1. The smallest absolute Gasteiger partial charge is 0.331 e. The van der Waals surface area contributed by atoms with Crippen LogP contribution in [0.3, 0.4) is 0 Å². The molecule has 2 aromatic heterocycles. The fraction of sp³-hybridized carbons (Fsp3) is 0.440. The lowest BCUT2D eigenvalue weighted by Crippen LogP contribution is -2.36. The molecule has 8 rings (SSSR count). The van der Waals surface area contributed by atoms with E-state index >= 15 is 0 Å². The largest absolute Gasteiger partial charge is 0.496 e. The maximum atomic E-state index is 13.3. The van der Waals surface area contributed by atoms with Crippen LogP contribution in [0.1, 0.15) is 97.6 Å². The molecule has 16 nitrogen and oxygen atoms in total. The van der Waals surface area contributed by atoms with E-state index in [1.807, 2.05) is 38.1 Å². The van der Waals surface area contributed by atoms with Crippen LogP contribution in [-0.4, -0.2) is 113 Å². The molecular weight excluding hydrogens is 849 g/mol. The highest BCUT2D eigenvalue weighted by molar-refractivity contribution is 6.17. The number of aromatic nitrogens is 2. The Bertz CT molecular complexity index is 2380. The molecule has 66 heavy (non-hydrogen) atoms. The minimum Gasteiger partial charge on any atom is -0.496 e. The van der Waals surface area contributed by atoms with E-state index < -0.39 is 24.1 Å². The summed E-state index contributed by atoms with van der Waals surface area (Å²) in [7, 11) is 9.50. The van der Waals surface area contributed by atoms with Gasteiger partial charge in [-0.3, -0.25) is 9.98 Å². The number of fused-ring (bicyclic) bond motifs is 6. The molecule has 2 aliphatic carbocycles. The Kier molecular flexibility index (Phi) is 13.9. The Morgan fingerprint density at radius 1 is 0.515 bits per heavy atom. The highest BCUT2D eigenvalue weighted by Gasteiger charge is 2.41. The lowest BCUT2D eigenvalue weighted by Gasteiger charge is -2.38. The number of benzene rings is 2. The molecule has 0 N–H and O–H groups in total. The molecule has 0 radical (unpaired) electrons. The van der Waals surface area contributed by atoms with Crippen molar-refractivity contribution in [2.24, 2.45) is 9.98 Å². The minimum absolute atomic E-state index is 0.0902. The molecule has 0 saturated heterocycles. The van der Waals surface area contributed by atoms with E-state index in [2.05, 4.69) is 9.97 Å². The molecule has 4 heterocycles. The highest BCUT2D eigenvalue weighted by atomic mass is 16.6. The molecule has 2 fully saturated rings. The molecule has 16 heteroatoms. The molecule has 348 valence electrons. The number of aliphatic imine (C=N–C) groups is 2. The van der Waals surface area contributed by atoms with Crippen molar-refractivity contribution < 1.29 is 57.0 Å². The quantitative estimate of drug-likeness (QED) is 0.0804. The van der Waals surface area contributed by atoms with Crippen LogP contribution in [0.25, 0.3) is 0 Å². The number of hydrogen-bond donors (Lipinski definition) is 0. The van der Waals surface area contributed by atoms with Gasteiger partial charge in [-0.1, -0.05) is 0 Å². The van der Waals surface area contributed by atoms with E-state index in [1.54, 1.807) is 67.2 Å². The second-order valence-corrected chi connectivity index (χ2v) is 16.3. The summed E-state index contributed by atoms with van der Waals surface area (Å²) >= 11 is 0. The molecule has 2 saturated carbocycles. The molecule has 0 bridgehead atoms. The third-order valence-corrected chi connectivity index (χ3v) is 12.7. The first kappa shape index (κ1) is 45.7. The Morgan fingerprint density at radius 2 is 0.924 bits per heavy atom. The molecular formula is C50H56N4O12. The number of hydrogen-bond acceptors (Lipinski definition) is 16. The Morgan fingerprint density at radius 3 is 1.29 bits per heavy atom. The summed E-state index contributed by atoms with van der Waals surface area (Å²) in [5.74, 6) is 2.92. The van der Waals surface area contributed by atoms with Crippen LogP contribution in [-0.2, 0) is 19.1 Å². The van der Waals surface area contributed by atoms with Gasteiger partial charge in [0.2, 0.25) is 11.8 Å². The summed E-state index contributed by atoms with van der Waals surface area (Å²) in [6.07, 6.45) is 8.38. The SMILES string of the molecule is CCOc1cc2c(cc1OC)C(c1cnc(OC)cc1OC)=N[C@@H]1CC[C@@H](OC(=O)/C=C/C(=O)O[C@@H]3CC[C@H]4N=C(c5cnc(OC)cc5OC)c5cc(OC)c(OCC)cc5[C@H]4C3)C[C@H]21. The van der Waals surface area contributed by atoms with Crippen molar-refractivity contribution in [2.45, 2.75) is 88.5 Å². The van der Waals surface area contributed by atoms with Crippen molar-refractivity contribution in [3.8, 4) is 46.3 Å². The molecule has 2 aromatic carbocycles. The van der Waals surface area contributed by atoms with Crippen LogP contribution in [0, 0.1) is 0 Å². The number of carbonyl (C=O) groups excluding carboxylic acids is 2. The number of carbonyl (C=O) groups is 2. The number of rotatable bonds is 16. The summed E-state index contributed by atoms with van der Waals surface area (Å²) in [5.41, 5.74) is 6.56. The van der Waals surface area contributed by atoms with Crippen LogP contribution in [0.15, 0.2) is 70.9 Å². The Labute approximate surface area is 384 Å². The maximum Gasteiger partial charge on any atom is 0.331 e. The van der Waals surface area contributed by atoms with E-state index in [9.17, 15) is 9.59 Å². The summed E-state index contributed by atoms with van der Waals surface area (Å²) in [5, 5.41) is 0. The maximum absolute atomic E-state index is 13.3. The predicted octanol–water partition coefficient (Wildman–Crippen LogP) is 7.38. The van der Waals surface area contributed by atoms with Gasteiger partial charge in [0.15, 0.2) is 23.0 Å². The molecule has 2 aliphatic heterocycles. The van der Waals surface area contributed by atoms with Crippen LogP contribution in [0.5, 0.6) is 46.3 Å². The van der Waals surface area contributed by atoms with Gasteiger partial charge in [0.25, 0.3) is 0 Å². The first-order valence-corrected chi connectivity index (χ1v) is 22.3. The molecule has 4 aliphatic rings. The van der Waals surface area contributed by atoms with Gasteiger partial charge in [-0.25, -0.2) is 19.6 Å². The number of ether oxygens (including phenoxy) is 10. The third kappa shape index (κ3) is 9.18. The molecule has 4 aromatic rings. The van der Waals surface area contributed by atoms with Crippen LogP contribution in [0.4, 0.5) is 0 Å². The summed E-state index contributed by atoms with van der Waals surface area (Å²) < 4.78 is 57.7. The van der Waals surface area contributed by atoms with Crippen LogP contribution in [0.2, 0.25) is 0 Å². The topological polar surface area (TPSA) is 177 Å². The van der Waals surface area contributed by atoms with E-state index in [-0.39, 0.29) is 23.9 Å². The molecule has 0 spiro atoms. The van der Waals surface area contributed by atoms with Gasteiger partial charge in [0.05, 0.1) is 90.5 Å². The summed E-state index contributed by atoms with van der Waals surface area (Å²) in [6.45, 7) is 4.74. The fourth-order valence-electron chi connectivity index (χ4n) is 9.65. The van der Waals surface area contributed by atoms with Crippen molar-refractivity contribution >= 4 is 23.4 Å². The van der Waals surface area contributed by atoms with Gasteiger partial charge in [0, 0.05) is 59.6 Å². The monoisotopic (exact) mass is 904 g/mol. The number of pyridine rings is 2. The van der Waals surface area contributed by atoms with Crippen molar-refractivity contribution in [1.29, 1.82) is 0 Å². The number of methoxy groups -OCH3 is 6. The Balaban J connectivity index is 0.961. The van der Waals surface area contributed by atoms with Gasteiger partial charge >= 0.3 is 11.9 Å². The third-order valence-electron chi connectivity index (χ3n) is 12.7. The van der Waals surface area contributed by atoms with Crippen molar-refractivity contribution in [3.05, 3.63) is 94.3 Å². The van der Waals surface area contributed by atoms with Crippen molar-refractivity contribution in [3.63, 3.8) is 0 Å². The van der Waals surface area contributed by atoms with Gasteiger partial charge in [-0.2, -0.15) is 0 Å². The highest BCUT2D eigenvalue weighted by Crippen LogP contribution is 2.48. The first-order chi connectivity index (χ1) is 32.1. The lowest BCUT2D eigenvalue weighted by molar-refractivity contribution is -0.147. The minimum atomic E-state index is -0.623. The van der Waals surface area contributed by atoms with Crippen LogP contribution < -0.4 is 37.9 Å². The lowest BCUT2D eigenvalue weighted by atomic mass is 9.74. The number of nitrogens with zero attached hydrogens (tertiary/aromatic N) is 4. The zero-order chi connectivity index (χ0) is 46.5. The van der Waals surface area contributed by atoms with Gasteiger partial charge in [0.1, 0.15) is 23.7 Å². The second-order valence-electron chi connectivity index (χ2n) is 16.3. The predicted molar refractivity (Wildman–Crippen MR) is 244 cm³/mol. The van der Waals surface area contributed by atoms with Crippen LogP contribution >= 0.6 is 0 Å². The first-order valence-electron chi connectivity index (χ1n) is 22.3. The number of esters is 2. The Hall–Kier alpha value is -6.84. The zero-order valence-corrected chi connectivity index (χ0v) is 38.6. The molecule has 0 amide bonds.